The van der Waals surface area contributed by atoms with Crippen molar-refractivity contribution < 1.29 is 13.2 Å². The molecule has 0 radical (unpaired) electrons. The molecule has 0 unspecified atom stereocenters. The van der Waals surface area contributed by atoms with Gasteiger partial charge in [-0.3, -0.25) is 9.52 Å². The first kappa shape index (κ1) is 22.4. The molecule has 0 saturated carbocycles. The van der Waals surface area contributed by atoms with Crippen molar-refractivity contribution in [3.8, 4) is 0 Å². The average molecular weight is 424 g/mol. The molecule has 8 heteroatoms. The molecule has 1 amide bonds. The molecule has 0 aliphatic rings. The number of anilines is 2. The maximum absolute atomic E-state index is 12.3. The van der Waals surface area contributed by atoms with E-state index in [0.29, 0.717) is 17.2 Å². The molecule has 0 spiro atoms. The fraction of sp³-hybridized carbons (Fsp3) is 0.500. The molecule has 2 N–H and O–H groups in total. The third-order valence-electron chi connectivity index (χ3n) is 4.36. The van der Waals surface area contributed by atoms with E-state index in [1.165, 1.54) is 68.2 Å². The van der Waals surface area contributed by atoms with E-state index >= 15 is 0 Å². The Bertz CT molecular complexity index is 804. The number of amides is 1. The summed E-state index contributed by atoms with van der Waals surface area (Å²) in [5.74, 6) is -0.0394. The van der Waals surface area contributed by atoms with Crippen molar-refractivity contribution >= 4 is 38.1 Å². The van der Waals surface area contributed by atoms with Crippen molar-refractivity contribution in [1.29, 1.82) is 0 Å². The Morgan fingerprint density at radius 1 is 1.00 bits per heavy atom. The van der Waals surface area contributed by atoms with Crippen LogP contribution in [0.25, 0.3) is 0 Å². The van der Waals surface area contributed by atoms with Gasteiger partial charge in [-0.05, 0) is 30.7 Å². The third kappa shape index (κ3) is 7.98. The normalized spacial score (nSPS) is 11.3. The van der Waals surface area contributed by atoms with Crippen molar-refractivity contribution in [2.45, 2.75) is 69.6 Å². The molecule has 2 aromatic rings. The number of unbranched alkanes of at least 4 members (excludes halogenated alkanes) is 7. The van der Waals surface area contributed by atoms with E-state index in [-0.39, 0.29) is 10.8 Å². The van der Waals surface area contributed by atoms with E-state index in [1.54, 1.807) is 17.5 Å². The highest BCUT2D eigenvalue weighted by atomic mass is 32.2. The lowest BCUT2D eigenvalue weighted by Crippen LogP contribution is -2.14. The molecule has 28 heavy (non-hydrogen) atoms. The Labute approximate surface area is 171 Å². The fourth-order valence-corrected chi connectivity index (χ4v) is 4.60. The minimum atomic E-state index is -3.67. The zero-order valence-electron chi connectivity index (χ0n) is 16.3. The van der Waals surface area contributed by atoms with Gasteiger partial charge in [-0.2, -0.15) is 0 Å². The molecule has 0 atom stereocenters. The minimum Gasteiger partial charge on any atom is -0.326 e. The van der Waals surface area contributed by atoms with Gasteiger partial charge >= 0.3 is 0 Å². The van der Waals surface area contributed by atoms with Crippen LogP contribution in [0.2, 0.25) is 0 Å². The number of aromatic nitrogens is 1. The molecule has 1 aromatic carbocycles. The van der Waals surface area contributed by atoms with E-state index < -0.39 is 10.0 Å². The van der Waals surface area contributed by atoms with Crippen molar-refractivity contribution in [2.75, 3.05) is 10.0 Å². The molecular weight excluding hydrogens is 394 g/mol. The number of sulfonamides is 1. The number of hydrogen-bond donors (Lipinski definition) is 2. The van der Waals surface area contributed by atoms with Gasteiger partial charge in [-0.15, -0.1) is 11.3 Å². The number of hydrogen-bond acceptors (Lipinski definition) is 5. The van der Waals surface area contributed by atoms with Crippen LogP contribution in [0.4, 0.5) is 10.8 Å². The van der Waals surface area contributed by atoms with Crippen LogP contribution in [0.1, 0.15) is 64.7 Å². The Hall–Kier alpha value is -1.93. The lowest BCUT2D eigenvalue weighted by Gasteiger charge is -2.08. The summed E-state index contributed by atoms with van der Waals surface area (Å²) in [4.78, 5) is 16.1. The van der Waals surface area contributed by atoms with Crippen LogP contribution in [0.3, 0.4) is 0 Å². The first-order valence-corrected chi connectivity index (χ1v) is 12.2. The summed E-state index contributed by atoms with van der Waals surface area (Å²) in [6.07, 6.45) is 11.5. The summed E-state index contributed by atoms with van der Waals surface area (Å²) in [7, 11) is -3.67. The SMILES string of the molecule is CCCCCCCCCCC(=O)Nc1ccc(S(=O)(=O)Nc2nccs2)cc1. The number of benzene rings is 1. The number of carbonyl (C=O) groups excluding carboxylic acids is 1. The molecule has 154 valence electrons. The van der Waals surface area contributed by atoms with Crippen LogP contribution in [-0.2, 0) is 14.8 Å². The fourth-order valence-electron chi connectivity index (χ4n) is 2.81. The van der Waals surface area contributed by atoms with Gasteiger partial charge in [0, 0.05) is 23.7 Å². The molecule has 6 nitrogen and oxygen atoms in total. The van der Waals surface area contributed by atoms with E-state index in [9.17, 15) is 13.2 Å². The minimum absolute atomic E-state index is 0.0394. The van der Waals surface area contributed by atoms with E-state index in [4.69, 9.17) is 0 Å². The maximum Gasteiger partial charge on any atom is 0.263 e. The summed E-state index contributed by atoms with van der Waals surface area (Å²) in [5.41, 5.74) is 0.595. The Kier molecular flexibility index (Phi) is 9.43. The average Bonchev–Trinajstić information content (AvgIpc) is 3.16. The van der Waals surface area contributed by atoms with Crippen LogP contribution in [0.5, 0.6) is 0 Å². The molecule has 0 saturated heterocycles. The lowest BCUT2D eigenvalue weighted by molar-refractivity contribution is -0.116. The second kappa shape index (κ2) is 11.8. The standard InChI is InChI=1S/C20H29N3O3S2/c1-2-3-4-5-6-7-8-9-10-19(24)22-17-11-13-18(14-12-17)28(25,26)23-20-21-15-16-27-20/h11-16H,2-10H2,1H3,(H,21,23)(H,22,24). The zero-order chi connectivity index (χ0) is 20.2. The van der Waals surface area contributed by atoms with Crippen LogP contribution < -0.4 is 10.0 Å². The van der Waals surface area contributed by atoms with E-state index in [0.717, 1.165) is 12.8 Å². The molecule has 0 aliphatic carbocycles. The molecule has 2 rings (SSSR count). The topological polar surface area (TPSA) is 88.2 Å². The first-order chi connectivity index (χ1) is 13.5. The van der Waals surface area contributed by atoms with Gasteiger partial charge in [0.05, 0.1) is 4.90 Å². The van der Waals surface area contributed by atoms with Gasteiger partial charge in [-0.1, -0.05) is 51.9 Å². The number of nitrogens with one attached hydrogen (secondary N) is 2. The molecule has 0 aliphatic heterocycles. The quantitative estimate of drug-likeness (QED) is 0.421. The predicted molar refractivity (Wildman–Crippen MR) is 115 cm³/mol. The van der Waals surface area contributed by atoms with E-state index in [1.807, 2.05) is 0 Å². The Morgan fingerprint density at radius 3 is 2.25 bits per heavy atom. The summed E-state index contributed by atoms with van der Waals surface area (Å²) in [5, 5.41) is 4.84. The summed E-state index contributed by atoms with van der Waals surface area (Å²) < 4.78 is 27.0. The van der Waals surface area contributed by atoms with Crippen LogP contribution in [-0.4, -0.2) is 19.3 Å². The van der Waals surface area contributed by atoms with Gasteiger partial charge in [-0.25, -0.2) is 13.4 Å². The first-order valence-electron chi connectivity index (χ1n) is 9.83. The predicted octanol–water partition coefficient (Wildman–Crippen LogP) is 5.41. The van der Waals surface area contributed by atoms with Crippen LogP contribution in [0, 0.1) is 0 Å². The smallest absolute Gasteiger partial charge is 0.263 e. The summed E-state index contributed by atoms with van der Waals surface area (Å²) >= 11 is 1.21. The van der Waals surface area contributed by atoms with Crippen LogP contribution >= 0.6 is 11.3 Å². The summed E-state index contributed by atoms with van der Waals surface area (Å²) in [6.45, 7) is 2.21. The number of rotatable bonds is 13. The summed E-state index contributed by atoms with van der Waals surface area (Å²) in [6, 6.07) is 6.15. The van der Waals surface area contributed by atoms with E-state index in [2.05, 4.69) is 21.9 Å². The number of carbonyl (C=O) groups is 1. The monoisotopic (exact) mass is 423 g/mol. The Morgan fingerprint density at radius 2 is 1.64 bits per heavy atom. The van der Waals surface area contributed by atoms with Crippen molar-refractivity contribution in [2.24, 2.45) is 0 Å². The molecule has 0 fully saturated rings. The molecule has 1 heterocycles. The van der Waals surface area contributed by atoms with Gasteiger partial charge in [0.1, 0.15) is 0 Å². The number of thiazole rings is 1. The van der Waals surface area contributed by atoms with Crippen LogP contribution in [0.15, 0.2) is 40.7 Å². The molecular formula is C20H29N3O3S2. The highest BCUT2D eigenvalue weighted by Gasteiger charge is 2.15. The van der Waals surface area contributed by atoms with Gasteiger partial charge in [0.25, 0.3) is 10.0 Å². The number of nitrogens with zero attached hydrogens (tertiary/aromatic N) is 1. The highest BCUT2D eigenvalue weighted by molar-refractivity contribution is 7.93. The van der Waals surface area contributed by atoms with Crippen molar-refractivity contribution in [3.05, 3.63) is 35.8 Å². The lowest BCUT2D eigenvalue weighted by atomic mass is 10.1. The van der Waals surface area contributed by atoms with Gasteiger partial charge in [0.15, 0.2) is 5.13 Å². The molecule has 1 aromatic heterocycles. The van der Waals surface area contributed by atoms with Crippen molar-refractivity contribution in [1.82, 2.24) is 4.98 Å². The van der Waals surface area contributed by atoms with Crippen molar-refractivity contribution in [3.63, 3.8) is 0 Å². The molecule has 0 bridgehead atoms. The Balaban J connectivity index is 1.71. The largest absolute Gasteiger partial charge is 0.326 e. The zero-order valence-corrected chi connectivity index (χ0v) is 17.9. The van der Waals surface area contributed by atoms with Gasteiger partial charge < -0.3 is 5.32 Å². The maximum atomic E-state index is 12.3. The highest BCUT2D eigenvalue weighted by Crippen LogP contribution is 2.20. The van der Waals surface area contributed by atoms with Gasteiger partial charge in [0.2, 0.25) is 5.91 Å². The second-order valence-electron chi connectivity index (χ2n) is 6.74. The third-order valence-corrected chi connectivity index (χ3v) is 6.53. The second-order valence-corrected chi connectivity index (χ2v) is 9.32.